The van der Waals surface area contributed by atoms with E-state index in [4.69, 9.17) is 16.2 Å². The van der Waals surface area contributed by atoms with E-state index in [1.807, 2.05) is 24.8 Å². The Kier molecular flexibility index (Phi) is 4.88. The molecule has 21 heavy (non-hydrogen) atoms. The third-order valence-corrected chi connectivity index (χ3v) is 3.61. The molecule has 1 heterocycles. The molecule has 1 aliphatic rings. The molecule has 0 aliphatic heterocycles. The van der Waals surface area contributed by atoms with Gasteiger partial charge in [0, 0.05) is 6.04 Å². The average Bonchev–Trinajstić information content (AvgIpc) is 2.92. The summed E-state index contributed by atoms with van der Waals surface area (Å²) in [4.78, 5) is 17.8. The molecule has 1 fully saturated rings. The minimum Gasteiger partial charge on any atom is -0.473 e. The lowest BCUT2D eigenvalue weighted by atomic mass is 10.2. The van der Waals surface area contributed by atoms with E-state index in [1.54, 1.807) is 6.07 Å². The molecular formula is C15H24N4O2. The van der Waals surface area contributed by atoms with Crippen molar-refractivity contribution in [1.82, 2.24) is 4.98 Å². The second kappa shape index (κ2) is 6.65. The van der Waals surface area contributed by atoms with Crippen molar-refractivity contribution in [3.8, 4) is 5.88 Å². The standard InChI is InChI=1S/C15H24N4O2/c1-10(2)21-15-12(16)7-8-14(18-15)19(9-13(17)20)11-5-3-4-6-11/h7-8,10-11H,3-6,9,16H2,1-2H3,(H2,17,20). The first kappa shape index (κ1) is 15.4. The van der Waals surface area contributed by atoms with E-state index < -0.39 is 0 Å². The van der Waals surface area contributed by atoms with Crippen molar-refractivity contribution >= 4 is 17.4 Å². The van der Waals surface area contributed by atoms with Crippen molar-refractivity contribution in [3.05, 3.63) is 12.1 Å². The summed E-state index contributed by atoms with van der Waals surface area (Å²) >= 11 is 0. The molecule has 0 aromatic carbocycles. The third kappa shape index (κ3) is 4.00. The van der Waals surface area contributed by atoms with Gasteiger partial charge in [0.25, 0.3) is 0 Å². The molecule has 0 spiro atoms. The maximum absolute atomic E-state index is 11.4. The molecule has 0 atom stereocenters. The molecule has 116 valence electrons. The Morgan fingerprint density at radius 1 is 1.43 bits per heavy atom. The fourth-order valence-electron chi connectivity index (χ4n) is 2.70. The first-order chi connectivity index (χ1) is 9.97. The lowest BCUT2D eigenvalue weighted by molar-refractivity contribution is -0.116. The SMILES string of the molecule is CC(C)Oc1nc(N(CC(N)=O)C2CCCC2)ccc1N. The van der Waals surface area contributed by atoms with Crippen LogP contribution < -0.4 is 21.1 Å². The molecule has 1 amide bonds. The Balaban J connectivity index is 2.28. The normalized spacial score (nSPS) is 15.4. The van der Waals surface area contributed by atoms with Gasteiger partial charge in [0.1, 0.15) is 5.82 Å². The number of nitrogens with zero attached hydrogens (tertiary/aromatic N) is 2. The average molecular weight is 292 g/mol. The summed E-state index contributed by atoms with van der Waals surface area (Å²) in [5.74, 6) is 0.757. The summed E-state index contributed by atoms with van der Waals surface area (Å²) in [5.41, 5.74) is 11.8. The second-order valence-electron chi connectivity index (χ2n) is 5.76. The molecule has 6 nitrogen and oxygen atoms in total. The van der Waals surface area contributed by atoms with Crippen LogP contribution in [0.2, 0.25) is 0 Å². The van der Waals surface area contributed by atoms with Gasteiger partial charge in [-0.1, -0.05) is 12.8 Å². The number of nitrogen functional groups attached to an aromatic ring is 1. The van der Waals surface area contributed by atoms with E-state index in [9.17, 15) is 4.79 Å². The van der Waals surface area contributed by atoms with Crippen LogP contribution in [0.15, 0.2) is 12.1 Å². The topological polar surface area (TPSA) is 94.5 Å². The molecule has 0 bridgehead atoms. The van der Waals surface area contributed by atoms with Gasteiger partial charge in [0.2, 0.25) is 11.8 Å². The number of hydrogen-bond acceptors (Lipinski definition) is 5. The van der Waals surface area contributed by atoms with Crippen molar-refractivity contribution < 1.29 is 9.53 Å². The molecule has 1 saturated carbocycles. The zero-order valence-electron chi connectivity index (χ0n) is 12.7. The second-order valence-corrected chi connectivity index (χ2v) is 5.76. The summed E-state index contributed by atoms with van der Waals surface area (Å²) in [6, 6.07) is 3.90. The molecule has 1 aromatic heterocycles. The Morgan fingerprint density at radius 3 is 2.67 bits per heavy atom. The van der Waals surface area contributed by atoms with Gasteiger partial charge in [-0.15, -0.1) is 0 Å². The zero-order chi connectivity index (χ0) is 15.4. The lowest BCUT2D eigenvalue weighted by Crippen LogP contribution is -2.40. The highest BCUT2D eigenvalue weighted by Gasteiger charge is 2.25. The Morgan fingerprint density at radius 2 is 2.10 bits per heavy atom. The number of aromatic nitrogens is 1. The third-order valence-electron chi connectivity index (χ3n) is 3.61. The number of primary amides is 1. The summed E-state index contributed by atoms with van der Waals surface area (Å²) < 4.78 is 5.62. The number of rotatable bonds is 6. The predicted octanol–water partition coefficient (Wildman–Crippen LogP) is 1.69. The van der Waals surface area contributed by atoms with Gasteiger partial charge in [-0.25, -0.2) is 0 Å². The number of carbonyl (C=O) groups is 1. The molecule has 2 rings (SSSR count). The van der Waals surface area contributed by atoms with Crippen LogP contribution >= 0.6 is 0 Å². The number of carbonyl (C=O) groups excluding carboxylic acids is 1. The van der Waals surface area contributed by atoms with Gasteiger partial charge < -0.3 is 21.1 Å². The van der Waals surface area contributed by atoms with Crippen LogP contribution in [0.3, 0.4) is 0 Å². The fraction of sp³-hybridized carbons (Fsp3) is 0.600. The van der Waals surface area contributed by atoms with Gasteiger partial charge in [-0.2, -0.15) is 4.98 Å². The Labute approximate surface area is 125 Å². The number of ether oxygens (including phenoxy) is 1. The quantitative estimate of drug-likeness (QED) is 0.832. The van der Waals surface area contributed by atoms with Crippen LogP contribution in [-0.4, -0.2) is 29.6 Å². The Hall–Kier alpha value is -1.98. The molecular weight excluding hydrogens is 268 g/mol. The molecule has 6 heteroatoms. The molecule has 4 N–H and O–H groups in total. The fourth-order valence-corrected chi connectivity index (χ4v) is 2.70. The van der Waals surface area contributed by atoms with Crippen LogP contribution in [0, 0.1) is 0 Å². The van der Waals surface area contributed by atoms with Crippen LogP contribution in [-0.2, 0) is 4.79 Å². The van der Waals surface area contributed by atoms with Gasteiger partial charge in [0.05, 0.1) is 18.3 Å². The Bertz CT molecular complexity index is 498. The highest BCUT2D eigenvalue weighted by atomic mass is 16.5. The molecule has 0 unspecified atom stereocenters. The highest BCUT2D eigenvalue weighted by molar-refractivity contribution is 5.79. The minimum atomic E-state index is -0.355. The van der Waals surface area contributed by atoms with E-state index in [0.717, 1.165) is 12.8 Å². The zero-order valence-corrected chi connectivity index (χ0v) is 12.7. The van der Waals surface area contributed by atoms with E-state index in [2.05, 4.69) is 4.98 Å². The van der Waals surface area contributed by atoms with E-state index >= 15 is 0 Å². The number of anilines is 2. The first-order valence-corrected chi connectivity index (χ1v) is 7.45. The highest BCUT2D eigenvalue weighted by Crippen LogP contribution is 2.30. The maximum Gasteiger partial charge on any atom is 0.239 e. The van der Waals surface area contributed by atoms with E-state index in [0.29, 0.717) is 23.4 Å². The summed E-state index contributed by atoms with van der Waals surface area (Å²) in [7, 11) is 0. The van der Waals surface area contributed by atoms with Crippen molar-refractivity contribution in [3.63, 3.8) is 0 Å². The number of amides is 1. The van der Waals surface area contributed by atoms with Crippen LogP contribution in [0.1, 0.15) is 39.5 Å². The number of nitrogens with two attached hydrogens (primary N) is 2. The van der Waals surface area contributed by atoms with Crippen LogP contribution in [0.4, 0.5) is 11.5 Å². The van der Waals surface area contributed by atoms with E-state index in [-0.39, 0.29) is 18.6 Å². The molecule has 0 saturated heterocycles. The maximum atomic E-state index is 11.4. The number of hydrogen-bond donors (Lipinski definition) is 2. The molecule has 0 radical (unpaired) electrons. The van der Waals surface area contributed by atoms with E-state index in [1.165, 1.54) is 12.8 Å². The van der Waals surface area contributed by atoms with Crippen molar-refractivity contribution in [2.45, 2.75) is 51.7 Å². The smallest absolute Gasteiger partial charge is 0.239 e. The summed E-state index contributed by atoms with van der Waals surface area (Å²) in [6.45, 7) is 4.01. The van der Waals surface area contributed by atoms with Gasteiger partial charge in [-0.05, 0) is 38.8 Å². The van der Waals surface area contributed by atoms with Crippen molar-refractivity contribution in [2.75, 3.05) is 17.2 Å². The van der Waals surface area contributed by atoms with Gasteiger partial charge in [-0.3, -0.25) is 4.79 Å². The van der Waals surface area contributed by atoms with Gasteiger partial charge in [0.15, 0.2) is 0 Å². The summed E-state index contributed by atoms with van der Waals surface area (Å²) in [6.07, 6.45) is 4.44. The minimum absolute atomic E-state index is 0.00822. The largest absolute Gasteiger partial charge is 0.473 e. The van der Waals surface area contributed by atoms with Crippen LogP contribution in [0.5, 0.6) is 5.88 Å². The molecule has 1 aliphatic carbocycles. The van der Waals surface area contributed by atoms with Gasteiger partial charge >= 0.3 is 0 Å². The predicted molar refractivity (Wildman–Crippen MR) is 83.2 cm³/mol. The number of pyridine rings is 1. The summed E-state index contributed by atoms with van der Waals surface area (Å²) in [5, 5.41) is 0. The van der Waals surface area contributed by atoms with Crippen molar-refractivity contribution in [1.29, 1.82) is 0 Å². The lowest BCUT2D eigenvalue weighted by Gasteiger charge is -2.29. The first-order valence-electron chi connectivity index (χ1n) is 7.45. The van der Waals surface area contributed by atoms with Crippen LogP contribution in [0.25, 0.3) is 0 Å². The molecule has 1 aromatic rings. The van der Waals surface area contributed by atoms with Crippen molar-refractivity contribution in [2.24, 2.45) is 5.73 Å². The monoisotopic (exact) mass is 292 g/mol.